The van der Waals surface area contributed by atoms with Gasteiger partial charge < -0.3 is 14.2 Å². The number of methoxy groups -OCH3 is 2. The summed E-state index contributed by atoms with van der Waals surface area (Å²) in [6.45, 7) is 1.45. The molecule has 0 aliphatic heterocycles. The average molecular weight is 512 g/mol. The highest BCUT2D eigenvalue weighted by molar-refractivity contribution is 7.92. The number of hydrogen-bond donors (Lipinski definition) is 1. The summed E-state index contributed by atoms with van der Waals surface area (Å²) in [5.41, 5.74) is 4.12. The fourth-order valence-electron chi connectivity index (χ4n) is 3.36. The predicted octanol–water partition coefficient (Wildman–Crippen LogP) is 4.19. The number of nitrogens with one attached hydrogen (secondary N) is 1. The van der Waals surface area contributed by atoms with Crippen molar-refractivity contribution in [1.82, 2.24) is 5.43 Å². The zero-order valence-electron chi connectivity index (χ0n) is 20.6. The van der Waals surface area contributed by atoms with Gasteiger partial charge in [0.1, 0.15) is 18.0 Å². The number of nitrogens with zero attached hydrogens (tertiary/aromatic N) is 2. The Balaban J connectivity index is 1.73. The SMILES string of the molecule is CC/C(=N/NC(=O)CN(c1ccc(Oc2ccccc2)cc1)S(C)(=O)=O)c1ccc(OC)c(OC)c1. The average Bonchev–Trinajstić information content (AvgIpc) is 2.88. The van der Waals surface area contributed by atoms with E-state index >= 15 is 0 Å². The van der Waals surface area contributed by atoms with E-state index in [2.05, 4.69) is 10.5 Å². The van der Waals surface area contributed by atoms with Crippen LogP contribution in [0.25, 0.3) is 0 Å². The van der Waals surface area contributed by atoms with Gasteiger partial charge in [0, 0.05) is 5.56 Å². The van der Waals surface area contributed by atoms with Gasteiger partial charge in [-0.1, -0.05) is 25.1 Å². The normalized spacial score (nSPS) is 11.5. The highest BCUT2D eigenvalue weighted by Crippen LogP contribution is 2.28. The van der Waals surface area contributed by atoms with E-state index in [9.17, 15) is 13.2 Å². The fraction of sp³-hybridized carbons (Fsp3) is 0.231. The van der Waals surface area contributed by atoms with Crippen LogP contribution in [0.1, 0.15) is 18.9 Å². The lowest BCUT2D eigenvalue weighted by molar-refractivity contribution is -0.119. The van der Waals surface area contributed by atoms with Crippen molar-refractivity contribution in [2.45, 2.75) is 13.3 Å². The van der Waals surface area contributed by atoms with Crippen LogP contribution in [-0.2, 0) is 14.8 Å². The molecular formula is C26H29N3O6S. The van der Waals surface area contributed by atoms with Crippen LogP contribution < -0.4 is 23.9 Å². The van der Waals surface area contributed by atoms with Crippen LogP contribution in [0.15, 0.2) is 77.9 Å². The van der Waals surface area contributed by atoms with Crippen LogP contribution in [0.5, 0.6) is 23.0 Å². The third kappa shape index (κ3) is 6.98. The van der Waals surface area contributed by atoms with Gasteiger partial charge in [0.25, 0.3) is 5.91 Å². The fourth-order valence-corrected chi connectivity index (χ4v) is 4.22. The van der Waals surface area contributed by atoms with Gasteiger partial charge in [-0.25, -0.2) is 13.8 Å². The number of hydrogen-bond acceptors (Lipinski definition) is 7. The minimum Gasteiger partial charge on any atom is -0.493 e. The van der Waals surface area contributed by atoms with Crippen LogP contribution in [0.3, 0.4) is 0 Å². The maximum atomic E-state index is 12.7. The van der Waals surface area contributed by atoms with Gasteiger partial charge in [-0.15, -0.1) is 0 Å². The molecule has 0 aliphatic rings. The topological polar surface area (TPSA) is 107 Å². The number of para-hydroxylation sites is 1. The second-order valence-electron chi connectivity index (χ2n) is 7.70. The zero-order valence-corrected chi connectivity index (χ0v) is 21.4. The van der Waals surface area contributed by atoms with E-state index in [-0.39, 0.29) is 0 Å². The molecule has 0 saturated carbocycles. The summed E-state index contributed by atoms with van der Waals surface area (Å²) in [5, 5.41) is 4.21. The molecule has 0 saturated heterocycles. The first-order chi connectivity index (χ1) is 17.2. The zero-order chi connectivity index (χ0) is 26.1. The molecule has 3 aromatic carbocycles. The minimum absolute atomic E-state index is 0.327. The second kappa shape index (κ2) is 12.1. The van der Waals surface area contributed by atoms with Crippen LogP contribution in [0, 0.1) is 0 Å². The van der Waals surface area contributed by atoms with E-state index in [1.807, 2.05) is 37.3 Å². The van der Waals surface area contributed by atoms with Gasteiger partial charge in [-0.3, -0.25) is 9.10 Å². The maximum absolute atomic E-state index is 12.7. The third-order valence-electron chi connectivity index (χ3n) is 5.16. The van der Waals surface area contributed by atoms with Gasteiger partial charge >= 0.3 is 0 Å². The molecule has 10 heteroatoms. The minimum atomic E-state index is -3.74. The first kappa shape index (κ1) is 26.6. The molecule has 0 fully saturated rings. The van der Waals surface area contributed by atoms with Gasteiger partial charge in [0.15, 0.2) is 11.5 Å². The molecule has 1 N–H and O–H groups in total. The highest BCUT2D eigenvalue weighted by Gasteiger charge is 2.21. The Morgan fingerprint density at radius 1 is 0.917 bits per heavy atom. The molecule has 3 rings (SSSR count). The molecule has 0 radical (unpaired) electrons. The van der Waals surface area contributed by atoms with Crippen molar-refractivity contribution in [1.29, 1.82) is 0 Å². The number of sulfonamides is 1. The molecule has 0 spiro atoms. The van der Waals surface area contributed by atoms with Crippen LogP contribution in [-0.4, -0.2) is 47.1 Å². The Hall–Kier alpha value is -4.05. The van der Waals surface area contributed by atoms with Crippen LogP contribution >= 0.6 is 0 Å². The maximum Gasteiger partial charge on any atom is 0.260 e. The largest absolute Gasteiger partial charge is 0.493 e. The summed E-state index contributed by atoms with van der Waals surface area (Å²) in [7, 11) is -0.665. The smallest absolute Gasteiger partial charge is 0.260 e. The Morgan fingerprint density at radius 3 is 2.14 bits per heavy atom. The van der Waals surface area contributed by atoms with Gasteiger partial charge in [0.2, 0.25) is 10.0 Å². The van der Waals surface area contributed by atoms with Crippen molar-refractivity contribution in [3.05, 3.63) is 78.4 Å². The molecule has 0 unspecified atom stereocenters. The first-order valence-electron chi connectivity index (χ1n) is 11.1. The molecule has 0 aliphatic carbocycles. The van der Waals surface area contributed by atoms with E-state index in [1.165, 1.54) is 7.11 Å². The molecule has 36 heavy (non-hydrogen) atoms. The van der Waals surface area contributed by atoms with Gasteiger partial charge in [-0.05, 0) is 61.0 Å². The molecule has 0 bridgehead atoms. The predicted molar refractivity (Wildman–Crippen MR) is 140 cm³/mol. The molecule has 0 aromatic heterocycles. The van der Waals surface area contributed by atoms with E-state index in [0.717, 1.165) is 16.1 Å². The van der Waals surface area contributed by atoms with Crippen LogP contribution in [0.2, 0.25) is 0 Å². The molecular weight excluding hydrogens is 482 g/mol. The molecule has 3 aromatic rings. The Labute approximate surface area is 211 Å². The summed E-state index contributed by atoms with van der Waals surface area (Å²) < 4.78 is 42.2. The molecule has 0 atom stereocenters. The molecule has 0 heterocycles. The summed E-state index contributed by atoms with van der Waals surface area (Å²) in [6, 6.07) is 21.0. The monoisotopic (exact) mass is 511 g/mol. The lowest BCUT2D eigenvalue weighted by Crippen LogP contribution is -2.39. The standard InChI is InChI=1S/C26H29N3O6S/c1-5-23(19-11-16-24(33-2)25(17-19)34-3)27-28-26(30)18-29(36(4,31)32)20-12-14-22(15-13-20)35-21-9-7-6-8-10-21/h6-17H,5,18H2,1-4H3,(H,28,30)/b27-23-. The quantitative estimate of drug-likeness (QED) is 0.306. The first-order valence-corrected chi connectivity index (χ1v) is 13.0. The lowest BCUT2D eigenvalue weighted by atomic mass is 10.1. The number of ether oxygens (including phenoxy) is 3. The van der Waals surface area contributed by atoms with Crippen molar-refractivity contribution in [3.63, 3.8) is 0 Å². The van der Waals surface area contributed by atoms with E-state index < -0.39 is 22.5 Å². The number of anilines is 1. The van der Waals surface area contributed by atoms with E-state index in [1.54, 1.807) is 49.6 Å². The van der Waals surface area contributed by atoms with Gasteiger partial charge in [0.05, 0.1) is 31.9 Å². The van der Waals surface area contributed by atoms with Crippen molar-refractivity contribution < 1.29 is 27.4 Å². The van der Waals surface area contributed by atoms with Crippen molar-refractivity contribution in [2.24, 2.45) is 5.10 Å². The number of benzene rings is 3. The summed E-state index contributed by atoms with van der Waals surface area (Å²) in [6.07, 6.45) is 1.56. The summed E-state index contributed by atoms with van der Waals surface area (Å²) >= 11 is 0. The summed E-state index contributed by atoms with van der Waals surface area (Å²) in [5.74, 6) is 1.71. The molecule has 1 amide bonds. The Kier molecular flexibility index (Phi) is 8.91. The van der Waals surface area contributed by atoms with Crippen LogP contribution in [0.4, 0.5) is 5.69 Å². The number of amides is 1. The number of carbonyl (C=O) groups is 1. The van der Waals surface area contributed by atoms with E-state index in [0.29, 0.717) is 40.8 Å². The van der Waals surface area contributed by atoms with Gasteiger partial charge in [-0.2, -0.15) is 5.10 Å². The second-order valence-corrected chi connectivity index (χ2v) is 9.60. The molecule has 9 nitrogen and oxygen atoms in total. The number of carbonyl (C=O) groups excluding carboxylic acids is 1. The third-order valence-corrected chi connectivity index (χ3v) is 6.30. The van der Waals surface area contributed by atoms with Crippen molar-refractivity contribution in [2.75, 3.05) is 31.3 Å². The van der Waals surface area contributed by atoms with Crippen molar-refractivity contribution in [3.8, 4) is 23.0 Å². The number of hydrazone groups is 1. The Morgan fingerprint density at radius 2 is 1.56 bits per heavy atom. The highest BCUT2D eigenvalue weighted by atomic mass is 32.2. The van der Waals surface area contributed by atoms with Crippen molar-refractivity contribution >= 4 is 27.3 Å². The lowest BCUT2D eigenvalue weighted by Gasteiger charge is -2.21. The number of rotatable bonds is 11. The Bertz CT molecular complexity index is 1310. The van der Waals surface area contributed by atoms with E-state index in [4.69, 9.17) is 14.2 Å². The summed E-state index contributed by atoms with van der Waals surface area (Å²) in [4.78, 5) is 12.7. The molecule has 190 valence electrons.